The van der Waals surface area contributed by atoms with Gasteiger partial charge >= 0.3 is 0 Å². The third-order valence-electron chi connectivity index (χ3n) is 5.86. The van der Waals surface area contributed by atoms with Crippen molar-refractivity contribution in [1.82, 2.24) is 0 Å². The lowest BCUT2D eigenvalue weighted by molar-refractivity contribution is 0.414. The molecule has 0 saturated carbocycles. The fourth-order valence-corrected chi connectivity index (χ4v) is 4.46. The zero-order chi connectivity index (χ0) is 19.8. The van der Waals surface area contributed by atoms with E-state index in [0.717, 1.165) is 47.8 Å². The minimum absolute atomic E-state index is 0.0725. The van der Waals surface area contributed by atoms with Crippen molar-refractivity contribution in [1.29, 1.82) is 0 Å². The Morgan fingerprint density at radius 1 is 0.862 bits per heavy atom. The Labute approximate surface area is 171 Å². The van der Waals surface area contributed by atoms with Gasteiger partial charge < -0.3 is 14.4 Å². The standard InChI is InChI=1S/C25H24N2O2/c1-28-20-12-8-17(9-13-20)23-25(19-10-14-21(29-2)15-11-19)27-16-4-6-18-5-3-7-22(26-23)24(18)27/h3,5,7-15,25H,4,6,16H2,1-2H3/t25-/m0/s1. The quantitative estimate of drug-likeness (QED) is 0.609. The monoisotopic (exact) mass is 384 g/mol. The topological polar surface area (TPSA) is 34.1 Å². The average Bonchev–Trinajstić information content (AvgIpc) is 2.79. The minimum atomic E-state index is 0.0725. The summed E-state index contributed by atoms with van der Waals surface area (Å²) >= 11 is 0. The Kier molecular flexibility index (Phi) is 4.47. The number of methoxy groups -OCH3 is 2. The average molecular weight is 384 g/mol. The number of para-hydroxylation sites is 1. The summed E-state index contributed by atoms with van der Waals surface area (Å²) in [6.07, 6.45) is 2.27. The van der Waals surface area contributed by atoms with E-state index < -0.39 is 0 Å². The first kappa shape index (κ1) is 17.8. The van der Waals surface area contributed by atoms with Crippen molar-refractivity contribution in [3.05, 3.63) is 83.4 Å². The Morgan fingerprint density at radius 3 is 2.24 bits per heavy atom. The van der Waals surface area contributed by atoms with Gasteiger partial charge in [0.05, 0.1) is 37.3 Å². The highest BCUT2D eigenvalue weighted by Crippen LogP contribution is 2.46. The molecule has 2 heterocycles. The molecule has 2 aliphatic rings. The molecule has 0 N–H and O–H groups in total. The summed E-state index contributed by atoms with van der Waals surface area (Å²) in [5, 5.41) is 0. The smallest absolute Gasteiger partial charge is 0.118 e. The van der Waals surface area contributed by atoms with Crippen molar-refractivity contribution in [2.45, 2.75) is 18.9 Å². The molecule has 0 saturated heterocycles. The van der Waals surface area contributed by atoms with E-state index in [2.05, 4.69) is 47.4 Å². The maximum atomic E-state index is 5.38. The second-order valence-electron chi connectivity index (χ2n) is 7.48. The zero-order valence-corrected chi connectivity index (χ0v) is 16.8. The number of aryl methyl sites for hydroxylation is 1. The summed E-state index contributed by atoms with van der Waals surface area (Å²) in [5.41, 5.74) is 7.17. The van der Waals surface area contributed by atoms with Crippen molar-refractivity contribution in [2.75, 3.05) is 25.7 Å². The van der Waals surface area contributed by atoms with Crippen molar-refractivity contribution in [3.63, 3.8) is 0 Å². The lowest BCUT2D eigenvalue weighted by Crippen LogP contribution is -2.40. The van der Waals surface area contributed by atoms with Crippen LogP contribution in [0.3, 0.4) is 0 Å². The van der Waals surface area contributed by atoms with E-state index in [4.69, 9.17) is 14.5 Å². The van der Waals surface area contributed by atoms with Crippen LogP contribution in [0.5, 0.6) is 11.5 Å². The number of rotatable bonds is 4. The first-order chi connectivity index (χ1) is 14.3. The van der Waals surface area contributed by atoms with Gasteiger partial charge in [-0.3, -0.25) is 0 Å². The number of aliphatic imine (C=N–C) groups is 1. The summed E-state index contributed by atoms with van der Waals surface area (Å²) < 4.78 is 10.7. The number of nitrogens with zero attached hydrogens (tertiary/aromatic N) is 2. The van der Waals surface area contributed by atoms with Crippen LogP contribution in [0.2, 0.25) is 0 Å². The van der Waals surface area contributed by atoms with E-state index in [9.17, 15) is 0 Å². The van der Waals surface area contributed by atoms with Crippen LogP contribution in [0, 0.1) is 0 Å². The molecule has 0 aliphatic carbocycles. The largest absolute Gasteiger partial charge is 0.497 e. The van der Waals surface area contributed by atoms with Crippen molar-refractivity contribution in [3.8, 4) is 11.5 Å². The molecule has 3 aromatic rings. The first-order valence-electron chi connectivity index (χ1n) is 10.0. The van der Waals surface area contributed by atoms with E-state index >= 15 is 0 Å². The van der Waals surface area contributed by atoms with Gasteiger partial charge in [0, 0.05) is 6.54 Å². The van der Waals surface area contributed by atoms with Gasteiger partial charge in [-0.1, -0.05) is 24.3 Å². The third-order valence-corrected chi connectivity index (χ3v) is 5.86. The molecule has 5 rings (SSSR count). The maximum absolute atomic E-state index is 5.38. The van der Waals surface area contributed by atoms with Gasteiger partial charge in [-0.25, -0.2) is 4.99 Å². The molecule has 0 radical (unpaired) electrons. The second-order valence-corrected chi connectivity index (χ2v) is 7.48. The van der Waals surface area contributed by atoms with Crippen LogP contribution in [-0.4, -0.2) is 26.5 Å². The fraction of sp³-hybridized carbons (Fsp3) is 0.240. The molecule has 0 spiro atoms. The molecule has 4 heteroatoms. The molecule has 4 nitrogen and oxygen atoms in total. The van der Waals surface area contributed by atoms with E-state index in [0.29, 0.717) is 0 Å². The zero-order valence-electron chi connectivity index (χ0n) is 16.8. The van der Waals surface area contributed by atoms with E-state index in [1.165, 1.54) is 16.8 Å². The van der Waals surface area contributed by atoms with Crippen LogP contribution in [0.1, 0.15) is 29.2 Å². The molecule has 0 amide bonds. The summed E-state index contributed by atoms with van der Waals surface area (Å²) in [5.74, 6) is 1.72. The van der Waals surface area contributed by atoms with Crippen LogP contribution in [0.4, 0.5) is 11.4 Å². The molecule has 0 fully saturated rings. The third kappa shape index (κ3) is 3.05. The Morgan fingerprint density at radius 2 is 1.55 bits per heavy atom. The van der Waals surface area contributed by atoms with Crippen LogP contribution < -0.4 is 14.4 Å². The van der Waals surface area contributed by atoms with Gasteiger partial charge in [0.2, 0.25) is 0 Å². The Balaban J connectivity index is 1.69. The lowest BCUT2D eigenvalue weighted by Gasteiger charge is -2.42. The van der Waals surface area contributed by atoms with Gasteiger partial charge in [-0.2, -0.15) is 0 Å². The van der Waals surface area contributed by atoms with Crippen LogP contribution in [0.15, 0.2) is 71.7 Å². The second kappa shape index (κ2) is 7.28. The van der Waals surface area contributed by atoms with E-state index in [-0.39, 0.29) is 6.04 Å². The fourth-order valence-electron chi connectivity index (χ4n) is 4.46. The van der Waals surface area contributed by atoms with Gasteiger partial charge in [0.15, 0.2) is 0 Å². The van der Waals surface area contributed by atoms with E-state index in [1.54, 1.807) is 14.2 Å². The predicted octanol–water partition coefficient (Wildman–Crippen LogP) is 5.33. The Hall–Kier alpha value is -3.27. The molecule has 146 valence electrons. The van der Waals surface area contributed by atoms with Crippen molar-refractivity contribution < 1.29 is 9.47 Å². The molecule has 1 atom stereocenters. The number of hydrogen-bond acceptors (Lipinski definition) is 4. The summed E-state index contributed by atoms with van der Waals surface area (Å²) in [7, 11) is 3.39. The molecule has 3 aromatic carbocycles. The van der Waals surface area contributed by atoms with Gasteiger partial charge in [-0.15, -0.1) is 0 Å². The number of hydrogen-bond donors (Lipinski definition) is 0. The SMILES string of the molecule is COc1ccc(C2=Nc3cccc4c3N(CCC4)[C@H]2c2ccc(OC)cc2)cc1. The first-order valence-corrected chi connectivity index (χ1v) is 10.0. The maximum Gasteiger partial charge on any atom is 0.118 e. The highest BCUT2D eigenvalue weighted by atomic mass is 16.5. The summed E-state index contributed by atoms with van der Waals surface area (Å²) in [6, 6.07) is 23.2. The van der Waals surface area contributed by atoms with Crippen molar-refractivity contribution >= 4 is 17.1 Å². The summed E-state index contributed by atoms with van der Waals surface area (Å²) in [4.78, 5) is 7.70. The Bertz CT molecular complexity index is 1060. The molecule has 0 unspecified atom stereocenters. The molecule has 29 heavy (non-hydrogen) atoms. The molecular formula is C25H24N2O2. The number of benzene rings is 3. The lowest BCUT2D eigenvalue weighted by atomic mass is 9.88. The number of anilines is 1. The van der Waals surface area contributed by atoms with Gasteiger partial charge in [-0.05, 0) is 72.0 Å². The van der Waals surface area contributed by atoms with E-state index in [1.807, 2.05) is 24.3 Å². The molecule has 0 aromatic heterocycles. The predicted molar refractivity (Wildman–Crippen MR) is 117 cm³/mol. The van der Waals surface area contributed by atoms with Gasteiger partial charge in [0.25, 0.3) is 0 Å². The van der Waals surface area contributed by atoms with Gasteiger partial charge in [0.1, 0.15) is 11.5 Å². The van der Waals surface area contributed by atoms with Crippen LogP contribution in [0.25, 0.3) is 0 Å². The summed E-state index contributed by atoms with van der Waals surface area (Å²) in [6.45, 7) is 1.02. The highest BCUT2D eigenvalue weighted by Gasteiger charge is 2.35. The number of ether oxygens (including phenoxy) is 2. The molecule has 2 aliphatic heterocycles. The molecule has 0 bridgehead atoms. The molecular weight excluding hydrogens is 360 g/mol. The van der Waals surface area contributed by atoms with Crippen molar-refractivity contribution in [2.24, 2.45) is 4.99 Å². The van der Waals surface area contributed by atoms with Crippen LogP contribution in [-0.2, 0) is 6.42 Å². The minimum Gasteiger partial charge on any atom is -0.497 e. The normalized spacial score (nSPS) is 17.4. The van der Waals surface area contributed by atoms with Crippen LogP contribution >= 0.6 is 0 Å². The highest BCUT2D eigenvalue weighted by molar-refractivity contribution is 6.10.